The van der Waals surface area contributed by atoms with Crippen molar-refractivity contribution in [2.24, 2.45) is 0 Å². The first-order valence-corrected chi connectivity index (χ1v) is 9.83. The summed E-state index contributed by atoms with van der Waals surface area (Å²) in [6, 6.07) is 0.0836. The average Bonchev–Trinajstić information content (AvgIpc) is 2.89. The van der Waals surface area contributed by atoms with Gasteiger partial charge in [-0.15, -0.1) is 0 Å². The van der Waals surface area contributed by atoms with Crippen LogP contribution in [0, 0.1) is 0 Å². The molecule has 2 heterocycles. The van der Waals surface area contributed by atoms with Gasteiger partial charge in [0, 0.05) is 38.2 Å². The Kier molecular flexibility index (Phi) is 5.50. The summed E-state index contributed by atoms with van der Waals surface area (Å²) in [5.41, 5.74) is 1.34. The Bertz CT molecular complexity index is 761. The van der Waals surface area contributed by atoms with E-state index >= 15 is 0 Å². The van der Waals surface area contributed by atoms with Crippen LogP contribution in [0.15, 0.2) is 6.33 Å². The van der Waals surface area contributed by atoms with Crippen LogP contribution >= 0.6 is 0 Å². The number of fused-ring (bicyclic) bond motifs is 1. The summed E-state index contributed by atoms with van der Waals surface area (Å²) in [6.07, 6.45) is 1.65. The topological polar surface area (TPSA) is 84.9 Å². The average molecular weight is 390 g/mol. The summed E-state index contributed by atoms with van der Waals surface area (Å²) in [5.74, 6) is 0.777. The largest absolute Gasteiger partial charge is 0.456 e. The molecule has 3 rings (SSSR count). The highest BCUT2D eigenvalue weighted by molar-refractivity contribution is 5.69. The van der Waals surface area contributed by atoms with Gasteiger partial charge in [-0.05, 0) is 40.0 Å². The van der Waals surface area contributed by atoms with Crippen molar-refractivity contribution in [3.05, 3.63) is 17.6 Å². The first-order chi connectivity index (χ1) is 13.1. The Morgan fingerprint density at radius 1 is 1.18 bits per heavy atom. The predicted molar refractivity (Wildman–Crippen MR) is 104 cm³/mol. The van der Waals surface area contributed by atoms with E-state index < -0.39 is 5.60 Å². The number of hydrogen-bond acceptors (Lipinski definition) is 7. The smallest absolute Gasteiger partial charge is 0.410 e. The van der Waals surface area contributed by atoms with Gasteiger partial charge in [0.1, 0.15) is 23.9 Å². The van der Waals surface area contributed by atoms with Crippen LogP contribution in [-0.4, -0.2) is 58.2 Å². The number of carbonyl (C=O) groups excluding carboxylic acids is 2. The van der Waals surface area contributed by atoms with Crippen LogP contribution in [0.2, 0.25) is 0 Å². The summed E-state index contributed by atoms with van der Waals surface area (Å²) in [5, 5.41) is 0. The van der Waals surface area contributed by atoms with E-state index in [1.807, 2.05) is 20.8 Å². The molecule has 0 saturated carbocycles. The minimum absolute atomic E-state index is 0.0836. The zero-order valence-electron chi connectivity index (χ0n) is 17.6. The maximum absolute atomic E-state index is 12.4. The Hall–Kier alpha value is -2.38. The number of amides is 1. The van der Waals surface area contributed by atoms with Crippen molar-refractivity contribution in [1.82, 2.24) is 14.9 Å². The number of piperazine rings is 1. The van der Waals surface area contributed by atoms with E-state index in [1.54, 1.807) is 4.90 Å². The van der Waals surface area contributed by atoms with Crippen molar-refractivity contribution in [2.45, 2.75) is 71.6 Å². The molecule has 8 heteroatoms. The Morgan fingerprint density at radius 3 is 2.50 bits per heavy atom. The van der Waals surface area contributed by atoms with E-state index in [1.165, 1.54) is 13.3 Å². The second kappa shape index (κ2) is 7.56. The Balaban J connectivity index is 1.78. The number of aromatic nitrogens is 2. The molecule has 2 aliphatic rings. The number of carbonyl (C=O) groups is 2. The molecule has 1 aliphatic heterocycles. The fourth-order valence-electron chi connectivity index (χ4n) is 3.98. The molecule has 0 bridgehead atoms. The van der Waals surface area contributed by atoms with Gasteiger partial charge in [-0.2, -0.15) is 0 Å². The first-order valence-electron chi connectivity index (χ1n) is 9.83. The highest BCUT2D eigenvalue weighted by atomic mass is 16.6. The fourth-order valence-corrected chi connectivity index (χ4v) is 3.98. The quantitative estimate of drug-likeness (QED) is 0.718. The Labute approximate surface area is 166 Å². The maximum atomic E-state index is 12.4. The second-order valence-electron chi connectivity index (χ2n) is 8.70. The number of esters is 1. The zero-order valence-corrected chi connectivity index (χ0v) is 17.6. The molecule has 154 valence electrons. The van der Waals surface area contributed by atoms with Gasteiger partial charge >= 0.3 is 12.1 Å². The number of nitrogens with zero attached hydrogens (tertiary/aromatic N) is 4. The molecule has 0 aromatic carbocycles. The van der Waals surface area contributed by atoms with E-state index in [0.717, 1.165) is 17.1 Å². The van der Waals surface area contributed by atoms with Gasteiger partial charge in [0.2, 0.25) is 0 Å². The van der Waals surface area contributed by atoms with Gasteiger partial charge in [-0.3, -0.25) is 4.79 Å². The lowest BCUT2D eigenvalue weighted by molar-refractivity contribution is -0.146. The summed E-state index contributed by atoms with van der Waals surface area (Å²) < 4.78 is 11.0. The number of ether oxygens (including phenoxy) is 2. The molecule has 3 atom stereocenters. The molecule has 1 fully saturated rings. The minimum Gasteiger partial charge on any atom is -0.456 e. The van der Waals surface area contributed by atoms with E-state index in [4.69, 9.17) is 9.47 Å². The lowest BCUT2D eigenvalue weighted by Gasteiger charge is -2.41. The summed E-state index contributed by atoms with van der Waals surface area (Å²) in [4.78, 5) is 36.8. The fraction of sp³-hybridized carbons (Fsp3) is 0.700. The van der Waals surface area contributed by atoms with Crippen molar-refractivity contribution >= 4 is 17.9 Å². The van der Waals surface area contributed by atoms with Crippen LogP contribution < -0.4 is 4.90 Å². The molecule has 1 aromatic rings. The predicted octanol–water partition coefficient (Wildman–Crippen LogP) is 3.03. The summed E-state index contributed by atoms with van der Waals surface area (Å²) in [6.45, 7) is 13.0. The monoisotopic (exact) mass is 390 g/mol. The lowest BCUT2D eigenvalue weighted by Crippen LogP contribution is -2.55. The molecule has 8 nitrogen and oxygen atoms in total. The molecular formula is C20H30N4O4. The molecule has 0 N–H and O–H groups in total. The van der Waals surface area contributed by atoms with Crippen LogP contribution in [0.1, 0.15) is 71.2 Å². The van der Waals surface area contributed by atoms with Crippen LogP contribution in [0.4, 0.5) is 10.6 Å². The van der Waals surface area contributed by atoms with Crippen molar-refractivity contribution in [3.63, 3.8) is 0 Å². The van der Waals surface area contributed by atoms with Crippen molar-refractivity contribution in [3.8, 4) is 0 Å². The molecule has 0 spiro atoms. The third kappa shape index (κ3) is 4.20. The molecule has 1 saturated heterocycles. The number of hydrogen-bond donors (Lipinski definition) is 0. The number of anilines is 1. The zero-order chi connectivity index (χ0) is 20.6. The van der Waals surface area contributed by atoms with Crippen LogP contribution in [0.5, 0.6) is 0 Å². The van der Waals surface area contributed by atoms with E-state index in [2.05, 4.69) is 28.7 Å². The maximum Gasteiger partial charge on any atom is 0.410 e. The van der Waals surface area contributed by atoms with Crippen molar-refractivity contribution in [1.29, 1.82) is 0 Å². The van der Waals surface area contributed by atoms with Gasteiger partial charge < -0.3 is 19.3 Å². The van der Waals surface area contributed by atoms with Gasteiger partial charge in [-0.25, -0.2) is 14.8 Å². The molecule has 1 unspecified atom stereocenters. The van der Waals surface area contributed by atoms with Gasteiger partial charge in [0.15, 0.2) is 0 Å². The number of rotatable bonds is 2. The van der Waals surface area contributed by atoms with Crippen LogP contribution in [0.3, 0.4) is 0 Å². The van der Waals surface area contributed by atoms with Gasteiger partial charge in [0.05, 0.1) is 5.69 Å². The third-order valence-electron chi connectivity index (χ3n) is 5.12. The lowest BCUT2D eigenvalue weighted by atomic mass is 10.0. The summed E-state index contributed by atoms with van der Waals surface area (Å²) >= 11 is 0. The normalized spacial score (nSPS) is 24.7. The highest BCUT2D eigenvalue weighted by Gasteiger charge is 2.38. The molecule has 28 heavy (non-hydrogen) atoms. The Morgan fingerprint density at radius 2 is 1.89 bits per heavy atom. The van der Waals surface area contributed by atoms with E-state index in [-0.39, 0.29) is 30.1 Å². The minimum atomic E-state index is -0.508. The van der Waals surface area contributed by atoms with Crippen LogP contribution in [-0.2, 0) is 14.3 Å². The molecule has 1 amide bonds. The first kappa shape index (κ1) is 20.4. The van der Waals surface area contributed by atoms with Crippen molar-refractivity contribution in [2.75, 3.05) is 24.5 Å². The third-order valence-corrected chi connectivity index (χ3v) is 5.12. The standard InChI is InChI=1S/C20H30N4O4/c1-12-9-15(27-14(3)25)17-16(12)18(22-11-21-17)24-8-7-23(10-13(24)2)19(26)28-20(4,5)6/h11-13,15H,7-10H2,1-6H3/t12-,13?,15+/m1/s1. The van der Waals surface area contributed by atoms with Crippen molar-refractivity contribution < 1.29 is 19.1 Å². The molecule has 0 radical (unpaired) electrons. The molecule has 1 aliphatic carbocycles. The second-order valence-corrected chi connectivity index (χ2v) is 8.70. The molecule has 1 aromatic heterocycles. The van der Waals surface area contributed by atoms with E-state index in [9.17, 15) is 9.59 Å². The SMILES string of the molecule is CC(=O)O[C@H]1C[C@@H](C)c2c1ncnc2N1CCN(C(=O)OC(C)(C)C)CC1C. The summed E-state index contributed by atoms with van der Waals surface area (Å²) in [7, 11) is 0. The van der Waals surface area contributed by atoms with Crippen LogP contribution in [0.25, 0.3) is 0 Å². The highest BCUT2D eigenvalue weighted by Crippen LogP contribution is 2.45. The van der Waals surface area contributed by atoms with Gasteiger partial charge in [-0.1, -0.05) is 6.92 Å². The molecular weight excluding hydrogens is 360 g/mol. The van der Waals surface area contributed by atoms with E-state index in [0.29, 0.717) is 26.1 Å². The van der Waals surface area contributed by atoms with Gasteiger partial charge in [0.25, 0.3) is 0 Å².